The molecule has 1 aliphatic carbocycles. The van der Waals surface area contributed by atoms with E-state index in [2.05, 4.69) is 44.2 Å². The first-order chi connectivity index (χ1) is 7.29. The summed E-state index contributed by atoms with van der Waals surface area (Å²) in [7, 11) is 0. The van der Waals surface area contributed by atoms with Crippen LogP contribution in [0.1, 0.15) is 51.0 Å². The summed E-state index contributed by atoms with van der Waals surface area (Å²) in [6.07, 6.45) is 5.77. The van der Waals surface area contributed by atoms with Crippen LogP contribution in [0.4, 0.5) is 0 Å². The van der Waals surface area contributed by atoms with Crippen LogP contribution < -0.4 is 0 Å². The van der Waals surface area contributed by atoms with Crippen molar-refractivity contribution in [1.82, 2.24) is 0 Å². The smallest absolute Gasteiger partial charge is 0.0111 e. The van der Waals surface area contributed by atoms with Gasteiger partial charge in [0.2, 0.25) is 0 Å². The summed E-state index contributed by atoms with van der Waals surface area (Å²) in [4.78, 5) is 0. The lowest BCUT2D eigenvalue weighted by Gasteiger charge is -2.27. The van der Waals surface area contributed by atoms with E-state index in [1.54, 1.807) is 5.56 Å². The Bertz CT molecular complexity index is 280. The molecule has 15 heavy (non-hydrogen) atoms. The lowest BCUT2D eigenvalue weighted by Crippen LogP contribution is -2.15. The molecule has 1 atom stereocenters. The van der Waals surface area contributed by atoms with Gasteiger partial charge in [-0.05, 0) is 36.2 Å². The molecule has 0 amide bonds. The molecule has 0 N–H and O–H groups in total. The van der Waals surface area contributed by atoms with Crippen molar-refractivity contribution >= 4 is 0 Å². The first-order valence-electron chi connectivity index (χ1n) is 6.34. The second-order valence-electron chi connectivity index (χ2n) is 5.23. The summed E-state index contributed by atoms with van der Waals surface area (Å²) in [6.45, 7) is 4.74. The fourth-order valence-corrected chi connectivity index (χ4v) is 3.19. The summed E-state index contributed by atoms with van der Waals surface area (Å²) in [5.74, 6) is 2.50. The zero-order valence-electron chi connectivity index (χ0n) is 9.95. The Balaban J connectivity index is 2.19. The van der Waals surface area contributed by atoms with Crippen molar-refractivity contribution in [3.05, 3.63) is 35.9 Å². The monoisotopic (exact) mass is 202 g/mol. The van der Waals surface area contributed by atoms with Crippen molar-refractivity contribution in [1.29, 1.82) is 0 Å². The maximum atomic E-state index is 2.37. The van der Waals surface area contributed by atoms with Crippen molar-refractivity contribution in [2.75, 3.05) is 0 Å². The summed E-state index contributed by atoms with van der Waals surface area (Å²) in [5, 5.41) is 0. The third-order valence-corrected chi connectivity index (χ3v) is 3.81. The molecule has 0 radical (unpaired) electrons. The maximum Gasteiger partial charge on any atom is -0.0111 e. The average Bonchev–Trinajstić information content (AvgIpc) is 2.72. The van der Waals surface area contributed by atoms with E-state index in [0.29, 0.717) is 0 Å². The Morgan fingerprint density at radius 3 is 2.13 bits per heavy atom. The van der Waals surface area contributed by atoms with Crippen molar-refractivity contribution in [3.8, 4) is 0 Å². The highest BCUT2D eigenvalue weighted by molar-refractivity contribution is 5.21. The molecule has 0 saturated heterocycles. The summed E-state index contributed by atoms with van der Waals surface area (Å²) in [5.41, 5.74) is 1.56. The molecular formula is C15H22. The van der Waals surface area contributed by atoms with E-state index in [9.17, 15) is 0 Å². The Morgan fingerprint density at radius 2 is 1.60 bits per heavy atom. The molecule has 1 saturated carbocycles. The lowest BCUT2D eigenvalue weighted by molar-refractivity contribution is 0.347. The molecule has 0 nitrogen and oxygen atoms in total. The van der Waals surface area contributed by atoms with Crippen LogP contribution in [0.5, 0.6) is 0 Å². The van der Waals surface area contributed by atoms with Gasteiger partial charge in [-0.25, -0.2) is 0 Å². The van der Waals surface area contributed by atoms with Crippen LogP contribution >= 0.6 is 0 Å². The van der Waals surface area contributed by atoms with Crippen LogP contribution in [0.15, 0.2) is 30.3 Å². The fourth-order valence-electron chi connectivity index (χ4n) is 3.19. The average molecular weight is 202 g/mol. The second-order valence-corrected chi connectivity index (χ2v) is 5.23. The number of hydrogen-bond acceptors (Lipinski definition) is 0. The van der Waals surface area contributed by atoms with Crippen LogP contribution in [-0.4, -0.2) is 0 Å². The molecule has 0 heterocycles. The molecular weight excluding hydrogens is 180 g/mol. The molecule has 0 aliphatic heterocycles. The molecule has 2 rings (SSSR count). The predicted octanol–water partition coefficient (Wildman–Crippen LogP) is 4.62. The van der Waals surface area contributed by atoms with Crippen molar-refractivity contribution < 1.29 is 0 Å². The first-order valence-corrected chi connectivity index (χ1v) is 6.34. The highest BCUT2D eigenvalue weighted by atomic mass is 14.3. The van der Waals surface area contributed by atoms with Gasteiger partial charge in [-0.15, -0.1) is 0 Å². The van der Waals surface area contributed by atoms with Gasteiger partial charge in [-0.1, -0.05) is 57.0 Å². The quantitative estimate of drug-likeness (QED) is 0.671. The molecule has 0 heteroatoms. The third kappa shape index (κ3) is 2.42. The Morgan fingerprint density at radius 1 is 1.00 bits per heavy atom. The van der Waals surface area contributed by atoms with Gasteiger partial charge in [-0.2, -0.15) is 0 Å². The van der Waals surface area contributed by atoms with Gasteiger partial charge in [0.25, 0.3) is 0 Å². The van der Waals surface area contributed by atoms with Gasteiger partial charge in [0.15, 0.2) is 0 Å². The molecule has 0 bridgehead atoms. The van der Waals surface area contributed by atoms with Gasteiger partial charge in [0, 0.05) is 0 Å². The standard InChI is InChI=1S/C15H22/c1-12(2)15(14-10-6-7-11-14)13-8-4-3-5-9-13/h3-5,8-9,12,14-15H,6-7,10-11H2,1-2H3. The SMILES string of the molecule is CC(C)C(c1ccccc1)C1CCCC1. The highest BCUT2D eigenvalue weighted by Crippen LogP contribution is 2.41. The minimum atomic E-state index is 0.774. The summed E-state index contributed by atoms with van der Waals surface area (Å²) >= 11 is 0. The fraction of sp³-hybridized carbons (Fsp3) is 0.600. The summed E-state index contributed by atoms with van der Waals surface area (Å²) in [6, 6.07) is 11.1. The highest BCUT2D eigenvalue weighted by Gasteiger charge is 2.28. The van der Waals surface area contributed by atoms with E-state index >= 15 is 0 Å². The normalized spacial score (nSPS) is 19.7. The van der Waals surface area contributed by atoms with E-state index in [1.165, 1.54) is 25.7 Å². The zero-order valence-corrected chi connectivity index (χ0v) is 9.95. The zero-order chi connectivity index (χ0) is 10.7. The van der Waals surface area contributed by atoms with E-state index in [1.807, 2.05) is 0 Å². The maximum absolute atomic E-state index is 2.37. The van der Waals surface area contributed by atoms with Gasteiger partial charge in [0.05, 0.1) is 0 Å². The van der Waals surface area contributed by atoms with Crippen LogP contribution in [0.3, 0.4) is 0 Å². The first kappa shape index (κ1) is 10.7. The molecule has 1 aromatic rings. The molecule has 1 fully saturated rings. The van der Waals surface area contributed by atoms with E-state index in [0.717, 1.165) is 17.8 Å². The van der Waals surface area contributed by atoms with Gasteiger partial charge < -0.3 is 0 Å². The van der Waals surface area contributed by atoms with Crippen molar-refractivity contribution in [3.63, 3.8) is 0 Å². The van der Waals surface area contributed by atoms with Gasteiger partial charge >= 0.3 is 0 Å². The molecule has 1 aromatic carbocycles. The number of benzene rings is 1. The topological polar surface area (TPSA) is 0 Å². The van der Waals surface area contributed by atoms with Crippen LogP contribution in [-0.2, 0) is 0 Å². The van der Waals surface area contributed by atoms with Crippen molar-refractivity contribution in [2.24, 2.45) is 11.8 Å². The lowest BCUT2D eigenvalue weighted by atomic mass is 9.77. The predicted molar refractivity (Wildman–Crippen MR) is 66.0 cm³/mol. The Kier molecular flexibility index (Phi) is 3.45. The van der Waals surface area contributed by atoms with E-state index < -0.39 is 0 Å². The molecule has 1 aliphatic rings. The molecule has 0 spiro atoms. The van der Waals surface area contributed by atoms with Crippen molar-refractivity contribution in [2.45, 2.75) is 45.4 Å². The van der Waals surface area contributed by atoms with Crippen LogP contribution in [0.25, 0.3) is 0 Å². The minimum Gasteiger partial charge on any atom is -0.0622 e. The van der Waals surface area contributed by atoms with E-state index in [-0.39, 0.29) is 0 Å². The third-order valence-electron chi connectivity index (χ3n) is 3.81. The minimum absolute atomic E-state index is 0.774. The van der Waals surface area contributed by atoms with Gasteiger partial charge in [-0.3, -0.25) is 0 Å². The Hall–Kier alpha value is -0.780. The largest absolute Gasteiger partial charge is 0.0622 e. The van der Waals surface area contributed by atoms with E-state index in [4.69, 9.17) is 0 Å². The molecule has 1 unspecified atom stereocenters. The molecule has 82 valence electrons. The Labute approximate surface area is 93.7 Å². The van der Waals surface area contributed by atoms with Gasteiger partial charge in [0.1, 0.15) is 0 Å². The van der Waals surface area contributed by atoms with Crippen LogP contribution in [0, 0.1) is 11.8 Å². The second kappa shape index (κ2) is 4.83. The number of hydrogen-bond donors (Lipinski definition) is 0. The summed E-state index contributed by atoms with van der Waals surface area (Å²) < 4.78 is 0. The number of rotatable bonds is 3. The molecule has 0 aromatic heterocycles. The van der Waals surface area contributed by atoms with Crippen LogP contribution in [0.2, 0.25) is 0 Å².